The van der Waals surface area contributed by atoms with E-state index in [1.807, 2.05) is 13.0 Å². The Morgan fingerprint density at radius 2 is 1.87 bits per heavy atom. The van der Waals surface area contributed by atoms with Crippen LogP contribution in [-0.2, 0) is 13.1 Å². The number of piperidine rings is 1. The highest BCUT2D eigenvalue weighted by Crippen LogP contribution is 2.16. The quantitative estimate of drug-likeness (QED) is 0.182. The Morgan fingerprint density at radius 1 is 1.16 bits per heavy atom. The number of halogens is 1. The van der Waals surface area contributed by atoms with E-state index in [4.69, 9.17) is 0 Å². The molecule has 2 aromatic carbocycles. The summed E-state index contributed by atoms with van der Waals surface area (Å²) in [6.07, 6.45) is 2.13. The number of benzene rings is 2. The van der Waals surface area contributed by atoms with Crippen LogP contribution in [0.5, 0.6) is 0 Å². The van der Waals surface area contributed by atoms with Gasteiger partial charge in [-0.15, -0.1) is 24.0 Å². The highest BCUT2D eigenvalue weighted by atomic mass is 127. The second-order valence-electron chi connectivity index (χ2n) is 7.81. The topological polar surface area (TPSA) is 82.8 Å². The van der Waals surface area contributed by atoms with Crippen molar-refractivity contribution in [3.8, 4) is 0 Å². The third kappa shape index (κ3) is 8.10. The molecule has 31 heavy (non-hydrogen) atoms. The summed E-state index contributed by atoms with van der Waals surface area (Å²) < 4.78 is 0. The molecule has 0 radical (unpaired) electrons. The van der Waals surface area contributed by atoms with Gasteiger partial charge in [0.15, 0.2) is 5.96 Å². The molecule has 1 fully saturated rings. The maximum atomic E-state index is 11.0. The summed E-state index contributed by atoms with van der Waals surface area (Å²) >= 11 is 0. The summed E-state index contributed by atoms with van der Waals surface area (Å²) in [6, 6.07) is 15.7. The highest BCUT2D eigenvalue weighted by Gasteiger charge is 2.20. The molecule has 0 amide bonds. The summed E-state index contributed by atoms with van der Waals surface area (Å²) in [7, 11) is 0. The Labute approximate surface area is 201 Å². The minimum atomic E-state index is -0.374. The SMILES string of the molecule is CCNC(=NCc1cccc([N+](=O)[O-])c1)NC1CCN(Cc2cccc(C)c2)CC1.I. The van der Waals surface area contributed by atoms with Gasteiger partial charge in [-0.25, -0.2) is 4.99 Å². The molecule has 7 nitrogen and oxygen atoms in total. The molecule has 8 heteroatoms. The van der Waals surface area contributed by atoms with Gasteiger partial charge in [-0.1, -0.05) is 42.0 Å². The number of nitro benzene ring substituents is 1. The molecular weight excluding hydrogens is 505 g/mol. The summed E-state index contributed by atoms with van der Waals surface area (Å²) in [4.78, 5) is 17.7. The first-order chi connectivity index (χ1) is 14.5. The predicted molar refractivity (Wildman–Crippen MR) is 136 cm³/mol. The van der Waals surface area contributed by atoms with Crippen LogP contribution in [0.15, 0.2) is 53.5 Å². The lowest BCUT2D eigenvalue weighted by molar-refractivity contribution is -0.384. The molecule has 0 saturated carbocycles. The minimum Gasteiger partial charge on any atom is -0.357 e. The van der Waals surface area contributed by atoms with E-state index in [1.54, 1.807) is 12.1 Å². The van der Waals surface area contributed by atoms with E-state index < -0.39 is 0 Å². The number of hydrogen-bond acceptors (Lipinski definition) is 4. The van der Waals surface area contributed by atoms with Crippen molar-refractivity contribution in [3.63, 3.8) is 0 Å². The fraction of sp³-hybridized carbons (Fsp3) is 0.435. The summed E-state index contributed by atoms with van der Waals surface area (Å²) in [5.74, 6) is 0.765. The van der Waals surface area contributed by atoms with Crippen LogP contribution >= 0.6 is 24.0 Å². The van der Waals surface area contributed by atoms with Crippen molar-refractivity contribution in [2.75, 3.05) is 19.6 Å². The first kappa shape index (κ1) is 25.1. The lowest BCUT2D eigenvalue weighted by Crippen LogP contribution is -2.48. The number of nitrogens with one attached hydrogen (secondary N) is 2. The van der Waals surface area contributed by atoms with Gasteiger partial charge in [0.05, 0.1) is 11.5 Å². The Bertz CT molecular complexity index is 882. The van der Waals surface area contributed by atoms with Crippen molar-refractivity contribution < 1.29 is 4.92 Å². The van der Waals surface area contributed by atoms with Gasteiger partial charge in [0.25, 0.3) is 5.69 Å². The van der Waals surface area contributed by atoms with Gasteiger partial charge >= 0.3 is 0 Å². The molecule has 3 rings (SSSR count). The third-order valence-corrected chi connectivity index (χ3v) is 5.30. The summed E-state index contributed by atoms with van der Waals surface area (Å²) in [5, 5.41) is 17.8. The number of nitro groups is 1. The molecule has 0 aliphatic carbocycles. The van der Waals surface area contributed by atoms with Gasteiger partial charge in [0.1, 0.15) is 0 Å². The van der Waals surface area contributed by atoms with Crippen LogP contribution < -0.4 is 10.6 Å². The normalized spacial score (nSPS) is 15.2. The van der Waals surface area contributed by atoms with E-state index in [0.717, 1.165) is 50.5 Å². The number of non-ortho nitro benzene ring substituents is 1. The van der Waals surface area contributed by atoms with Crippen LogP contribution in [0.25, 0.3) is 0 Å². The van der Waals surface area contributed by atoms with E-state index >= 15 is 0 Å². The van der Waals surface area contributed by atoms with Crippen molar-refractivity contribution >= 4 is 35.6 Å². The number of nitrogens with zero attached hydrogens (tertiary/aromatic N) is 3. The maximum absolute atomic E-state index is 11.0. The summed E-state index contributed by atoms with van der Waals surface area (Å²) in [6.45, 7) is 8.45. The van der Waals surface area contributed by atoms with Gasteiger partial charge in [-0.3, -0.25) is 15.0 Å². The number of aliphatic imine (C=N–C) groups is 1. The molecule has 1 saturated heterocycles. The maximum Gasteiger partial charge on any atom is 0.269 e. The van der Waals surface area contributed by atoms with Crippen LogP contribution in [0.2, 0.25) is 0 Å². The molecular formula is C23H32IN5O2. The Morgan fingerprint density at radius 3 is 2.55 bits per heavy atom. The monoisotopic (exact) mass is 537 g/mol. The molecule has 0 spiro atoms. The minimum absolute atomic E-state index is 0. The lowest BCUT2D eigenvalue weighted by Gasteiger charge is -2.33. The average molecular weight is 537 g/mol. The summed E-state index contributed by atoms with van der Waals surface area (Å²) in [5.41, 5.74) is 3.60. The predicted octanol–water partition coefficient (Wildman–Crippen LogP) is 4.24. The van der Waals surface area contributed by atoms with Crippen LogP contribution in [0.3, 0.4) is 0 Å². The molecule has 1 aliphatic rings. The van der Waals surface area contributed by atoms with Gasteiger partial charge in [-0.05, 0) is 37.8 Å². The zero-order chi connectivity index (χ0) is 21.3. The molecule has 2 N–H and O–H groups in total. The van der Waals surface area contributed by atoms with Gasteiger partial charge in [0.2, 0.25) is 0 Å². The van der Waals surface area contributed by atoms with Crippen LogP contribution in [0, 0.1) is 17.0 Å². The molecule has 0 bridgehead atoms. The largest absolute Gasteiger partial charge is 0.357 e. The zero-order valence-electron chi connectivity index (χ0n) is 18.2. The van der Waals surface area contributed by atoms with E-state index in [0.29, 0.717) is 12.6 Å². The van der Waals surface area contributed by atoms with Crippen LogP contribution in [-0.4, -0.2) is 41.5 Å². The number of hydrogen-bond donors (Lipinski definition) is 2. The fourth-order valence-corrected chi connectivity index (χ4v) is 3.76. The van der Waals surface area contributed by atoms with E-state index in [9.17, 15) is 10.1 Å². The van der Waals surface area contributed by atoms with Crippen molar-refractivity contribution in [1.29, 1.82) is 0 Å². The molecule has 1 heterocycles. The van der Waals surface area contributed by atoms with Crippen molar-refractivity contribution in [3.05, 3.63) is 75.3 Å². The second kappa shape index (κ2) is 12.6. The standard InChI is InChI=1S/C23H31N5O2.HI/c1-3-24-23(25-16-19-7-5-9-22(15-19)28(29)30)26-21-10-12-27(13-11-21)17-20-8-4-6-18(2)14-20;/h4-9,14-15,21H,3,10-13,16-17H2,1-2H3,(H2,24,25,26);1H. The van der Waals surface area contributed by atoms with Gasteiger partial charge in [0, 0.05) is 44.4 Å². The molecule has 1 aliphatic heterocycles. The van der Waals surface area contributed by atoms with Gasteiger partial charge in [-0.2, -0.15) is 0 Å². The smallest absolute Gasteiger partial charge is 0.269 e. The molecule has 168 valence electrons. The van der Waals surface area contributed by atoms with Crippen LogP contribution in [0.1, 0.15) is 36.5 Å². The van der Waals surface area contributed by atoms with Crippen molar-refractivity contribution in [1.82, 2.24) is 15.5 Å². The zero-order valence-corrected chi connectivity index (χ0v) is 20.5. The van der Waals surface area contributed by atoms with E-state index in [2.05, 4.69) is 51.7 Å². The average Bonchev–Trinajstić information content (AvgIpc) is 2.74. The number of aryl methyl sites for hydroxylation is 1. The molecule has 2 aromatic rings. The Balaban J connectivity index is 0.00000341. The molecule has 0 aromatic heterocycles. The first-order valence-corrected chi connectivity index (χ1v) is 10.6. The highest BCUT2D eigenvalue weighted by molar-refractivity contribution is 14.0. The van der Waals surface area contributed by atoms with E-state index in [-0.39, 0.29) is 34.6 Å². The Hall–Kier alpha value is -2.20. The lowest BCUT2D eigenvalue weighted by atomic mass is 10.0. The number of guanidine groups is 1. The van der Waals surface area contributed by atoms with Gasteiger partial charge < -0.3 is 10.6 Å². The second-order valence-corrected chi connectivity index (χ2v) is 7.81. The van der Waals surface area contributed by atoms with Crippen molar-refractivity contribution in [2.24, 2.45) is 4.99 Å². The molecule has 0 atom stereocenters. The number of rotatable bonds is 7. The van der Waals surface area contributed by atoms with E-state index in [1.165, 1.54) is 17.2 Å². The number of likely N-dealkylation sites (tertiary alicyclic amines) is 1. The van der Waals surface area contributed by atoms with Crippen molar-refractivity contribution in [2.45, 2.75) is 45.8 Å². The third-order valence-electron chi connectivity index (χ3n) is 5.30. The fourth-order valence-electron chi connectivity index (χ4n) is 3.76. The first-order valence-electron chi connectivity index (χ1n) is 10.6. The Kier molecular flexibility index (Phi) is 10.2. The van der Waals surface area contributed by atoms with Crippen LogP contribution in [0.4, 0.5) is 5.69 Å². The molecule has 0 unspecified atom stereocenters.